The zero-order valence-electron chi connectivity index (χ0n) is 16.1. The van der Waals surface area contributed by atoms with Gasteiger partial charge in [0, 0.05) is 25.0 Å². The van der Waals surface area contributed by atoms with E-state index in [9.17, 15) is 13.2 Å². The van der Waals surface area contributed by atoms with E-state index in [1.807, 2.05) is 31.2 Å². The minimum Gasteiger partial charge on any atom is -0.353 e. The van der Waals surface area contributed by atoms with Crippen molar-refractivity contribution in [2.24, 2.45) is 17.8 Å². The van der Waals surface area contributed by atoms with Crippen molar-refractivity contribution in [3.63, 3.8) is 0 Å². The number of hydrogen-bond donors (Lipinski definition) is 1. The summed E-state index contributed by atoms with van der Waals surface area (Å²) in [6, 6.07) is 7.98. The van der Waals surface area contributed by atoms with Gasteiger partial charge in [0.15, 0.2) is 0 Å². The first kappa shape index (κ1) is 18.9. The molecule has 1 N–H and O–H groups in total. The lowest BCUT2D eigenvalue weighted by Crippen LogP contribution is -2.46. The first-order valence-electron chi connectivity index (χ1n) is 10.2. The molecule has 0 spiro atoms. The number of nitrogens with zero attached hydrogens (tertiary/aromatic N) is 1. The first-order valence-corrected chi connectivity index (χ1v) is 11.9. The van der Waals surface area contributed by atoms with Crippen molar-refractivity contribution in [2.45, 2.75) is 57.2 Å². The number of benzene rings is 1. The van der Waals surface area contributed by atoms with Crippen LogP contribution in [0.2, 0.25) is 0 Å². The maximum Gasteiger partial charge on any atom is 0.223 e. The minimum absolute atomic E-state index is 0.0433. The van der Waals surface area contributed by atoms with Crippen LogP contribution in [0.1, 0.15) is 49.7 Å². The highest BCUT2D eigenvalue weighted by Gasteiger charge is 2.41. The van der Waals surface area contributed by atoms with Crippen molar-refractivity contribution >= 4 is 15.9 Å². The van der Waals surface area contributed by atoms with E-state index in [1.54, 1.807) is 4.31 Å². The van der Waals surface area contributed by atoms with Crippen LogP contribution in [0.5, 0.6) is 0 Å². The molecule has 1 aliphatic heterocycles. The van der Waals surface area contributed by atoms with E-state index in [0.29, 0.717) is 37.9 Å². The first-order chi connectivity index (χ1) is 12.9. The van der Waals surface area contributed by atoms with E-state index in [4.69, 9.17) is 0 Å². The topological polar surface area (TPSA) is 66.5 Å². The van der Waals surface area contributed by atoms with Crippen LogP contribution in [0.15, 0.2) is 24.3 Å². The molecule has 3 aliphatic rings. The predicted molar refractivity (Wildman–Crippen MR) is 105 cm³/mol. The van der Waals surface area contributed by atoms with Crippen molar-refractivity contribution < 1.29 is 13.2 Å². The number of sulfonamides is 1. The molecule has 2 saturated carbocycles. The predicted octanol–water partition coefficient (Wildman–Crippen LogP) is 2.84. The molecule has 0 unspecified atom stereocenters. The second-order valence-electron chi connectivity index (χ2n) is 8.65. The average molecular weight is 391 g/mol. The van der Waals surface area contributed by atoms with Gasteiger partial charge in [-0.05, 0) is 62.0 Å². The van der Waals surface area contributed by atoms with E-state index < -0.39 is 10.0 Å². The Hall–Kier alpha value is -1.40. The molecule has 4 rings (SSSR count). The van der Waals surface area contributed by atoms with Gasteiger partial charge in [0.25, 0.3) is 0 Å². The molecule has 148 valence electrons. The van der Waals surface area contributed by atoms with Gasteiger partial charge in [-0.25, -0.2) is 12.7 Å². The lowest BCUT2D eigenvalue weighted by Gasteiger charge is -2.32. The van der Waals surface area contributed by atoms with Crippen molar-refractivity contribution in [1.82, 2.24) is 9.62 Å². The van der Waals surface area contributed by atoms with E-state index in [-0.39, 0.29) is 17.6 Å². The van der Waals surface area contributed by atoms with Crippen LogP contribution in [-0.2, 0) is 20.6 Å². The molecular formula is C21H30N2O3S. The molecule has 3 fully saturated rings. The lowest BCUT2D eigenvalue weighted by atomic mass is 9.93. The molecular weight excluding hydrogens is 360 g/mol. The molecule has 1 saturated heterocycles. The van der Waals surface area contributed by atoms with Crippen LogP contribution >= 0.6 is 0 Å². The van der Waals surface area contributed by atoms with E-state index in [1.165, 1.54) is 19.3 Å². The molecule has 3 atom stereocenters. The van der Waals surface area contributed by atoms with Gasteiger partial charge < -0.3 is 5.32 Å². The van der Waals surface area contributed by atoms with Crippen molar-refractivity contribution in [1.29, 1.82) is 0 Å². The number of carbonyl (C=O) groups excluding carboxylic acids is 1. The number of carbonyl (C=O) groups is 1. The molecule has 0 radical (unpaired) electrons. The number of nitrogens with one attached hydrogen (secondary N) is 1. The Morgan fingerprint density at radius 2 is 1.85 bits per heavy atom. The maximum absolute atomic E-state index is 12.8. The zero-order chi connectivity index (χ0) is 19.0. The van der Waals surface area contributed by atoms with E-state index in [2.05, 4.69) is 5.32 Å². The Morgan fingerprint density at radius 1 is 1.11 bits per heavy atom. The highest BCUT2D eigenvalue weighted by Crippen LogP contribution is 2.44. The fraction of sp³-hybridized carbons (Fsp3) is 0.667. The SMILES string of the molecule is Cc1ccccc1CS(=O)(=O)N1CCC(C(=O)N[C@H]2C[C@H]3CC[C@@H]2C3)CC1. The fourth-order valence-electron chi connectivity index (χ4n) is 5.18. The molecule has 6 heteroatoms. The minimum atomic E-state index is -3.34. The third kappa shape index (κ3) is 4.06. The summed E-state index contributed by atoms with van der Waals surface area (Å²) in [5, 5.41) is 3.27. The monoisotopic (exact) mass is 390 g/mol. The maximum atomic E-state index is 12.8. The van der Waals surface area contributed by atoms with Gasteiger partial charge in [-0.2, -0.15) is 0 Å². The van der Waals surface area contributed by atoms with Crippen LogP contribution in [0.25, 0.3) is 0 Å². The van der Waals surface area contributed by atoms with Crippen molar-refractivity contribution in [2.75, 3.05) is 13.1 Å². The summed E-state index contributed by atoms with van der Waals surface area (Å²) in [7, 11) is -3.34. The van der Waals surface area contributed by atoms with Crippen molar-refractivity contribution in [3.8, 4) is 0 Å². The van der Waals surface area contributed by atoms with Crippen LogP contribution in [0.3, 0.4) is 0 Å². The van der Waals surface area contributed by atoms with Crippen molar-refractivity contribution in [3.05, 3.63) is 35.4 Å². The standard InChI is InChI=1S/C21H30N2O3S/c1-15-4-2-3-5-19(15)14-27(25,26)23-10-8-17(9-11-23)21(24)22-20-13-16-6-7-18(20)12-16/h2-5,16-18,20H,6-14H2,1H3,(H,22,24)/t16-,18+,20-/m0/s1. The second kappa shape index (κ2) is 7.55. The number of rotatable bonds is 5. The molecule has 1 aromatic carbocycles. The van der Waals surface area contributed by atoms with Gasteiger partial charge in [0.1, 0.15) is 0 Å². The Kier molecular flexibility index (Phi) is 5.30. The average Bonchev–Trinajstić information content (AvgIpc) is 3.27. The van der Waals surface area contributed by atoms with Crippen LogP contribution in [0, 0.1) is 24.7 Å². The third-order valence-corrected chi connectivity index (χ3v) is 8.71. The van der Waals surface area contributed by atoms with Gasteiger partial charge in [-0.15, -0.1) is 0 Å². The number of fused-ring (bicyclic) bond motifs is 2. The Labute approximate surface area is 162 Å². The zero-order valence-corrected chi connectivity index (χ0v) is 16.9. The molecule has 0 aromatic heterocycles. The number of aryl methyl sites for hydroxylation is 1. The molecule has 2 bridgehead atoms. The largest absolute Gasteiger partial charge is 0.353 e. The Morgan fingerprint density at radius 3 is 2.48 bits per heavy atom. The molecule has 27 heavy (non-hydrogen) atoms. The normalized spacial score (nSPS) is 29.1. The van der Waals surface area contributed by atoms with Gasteiger partial charge in [0.2, 0.25) is 15.9 Å². The molecule has 2 aliphatic carbocycles. The summed E-state index contributed by atoms with van der Waals surface area (Å²) in [6.07, 6.45) is 6.25. The van der Waals surface area contributed by atoms with E-state index in [0.717, 1.165) is 23.5 Å². The summed E-state index contributed by atoms with van der Waals surface area (Å²) >= 11 is 0. The molecule has 1 aromatic rings. The quantitative estimate of drug-likeness (QED) is 0.841. The molecule has 1 heterocycles. The van der Waals surface area contributed by atoms with Crippen LogP contribution in [0.4, 0.5) is 0 Å². The molecule has 5 nitrogen and oxygen atoms in total. The van der Waals surface area contributed by atoms with Gasteiger partial charge in [0.05, 0.1) is 5.75 Å². The Bertz CT molecular complexity index is 799. The highest BCUT2D eigenvalue weighted by molar-refractivity contribution is 7.88. The summed E-state index contributed by atoms with van der Waals surface area (Å²) in [6.45, 7) is 2.84. The smallest absolute Gasteiger partial charge is 0.223 e. The summed E-state index contributed by atoms with van der Waals surface area (Å²) in [5.41, 5.74) is 1.86. The second-order valence-corrected chi connectivity index (χ2v) is 10.6. The molecule has 1 amide bonds. The summed E-state index contributed by atoms with van der Waals surface area (Å²) in [4.78, 5) is 12.6. The van der Waals surface area contributed by atoms with Crippen LogP contribution in [-0.4, -0.2) is 37.8 Å². The Balaban J connectivity index is 1.30. The lowest BCUT2D eigenvalue weighted by molar-refractivity contribution is -0.127. The van der Waals surface area contributed by atoms with Gasteiger partial charge in [-0.3, -0.25) is 4.79 Å². The summed E-state index contributed by atoms with van der Waals surface area (Å²) in [5.74, 6) is 1.63. The summed E-state index contributed by atoms with van der Waals surface area (Å²) < 4.78 is 27.1. The van der Waals surface area contributed by atoms with Crippen LogP contribution < -0.4 is 5.32 Å². The van der Waals surface area contributed by atoms with E-state index >= 15 is 0 Å². The number of hydrogen-bond acceptors (Lipinski definition) is 3. The number of amides is 1. The number of piperidine rings is 1. The highest BCUT2D eigenvalue weighted by atomic mass is 32.2. The fourth-order valence-corrected chi connectivity index (χ4v) is 6.84. The third-order valence-electron chi connectivity index (χ3n) is 6.88. The van der Waals surface area contributed by atoms with Gasteiger partial charge >= 0.3 is 0 Å². The van der Waals surface area contributed by atoms with Gasteiger partial charge in [-0.1, -0.05) is 30.7 Å².